The SMILES string of the molecule is O=S(=O)(Nc1ccc2c(c1)COC(=NC1CCc3ccccc31)N2)N1CCCCC1. The van der Waals surface area contributed by atoms with E-state index in [0.29, 0.717) is 31.4 Å². The van der Waals surface area contributed by atoms with Gasteiger partial charge in [0.25, 0.3) is 6.02 Å². The van der Waals surface area contributed by atoms with Crippen molar-refractivity contribution in [3.8, 4) is 0 Å². The summed E-state index contributed by atoms with van der Waals surface area (Å²) in [5.41, 5.74) is 4.97. The van der Waals surface area contributed by atoms with Crippen LogP contribution in [0, 0.1) is 0 Å². The van der Waals surface area contributed by atoms with Gasteiger partial charge in [-0.15, -0.1) is 0 Å². The molecule has 0 radical (unpaired) electrons. The number of benzene rings is 2. The second-order valence-corrected chi connectivity index (χ2v) is 9.71. The van der Waals surface area contributed by atoms with Gasteiger partial charge in [0, 0.05) is 24.3 Å². The molecule has 1 aliphatic carbocycles. The zero-order chi connectivity index (χ0) is 20.6. The summed E-state index contributed by atoms with van der Waals surface area (Å²) >= 11 is 0. The van der Waals surface area contributed by atoms with Crippen molar-refractivity contribution < 1.29 is 13.2 Å². The van der Waals surface area contributed by atoms with Crippen LogP contribution >= 0.6 is 0 Å². The Bertz CT molecular complexity index is 1080. The van der Waals surface area contributed by atoms with E-state index in [2.05, 4.69) is 28.2 Å². The minimum absolute atomic E-state index is 0.112. The molecule has 1 atom stereocenters. The van der Waals surface area contributed by atoms with Gasteiger partial charge in [-0.2, -0.15) is 12.7 Å². The van der Waals surface area contributed by atoms with Gasteiger partial charge < -0.3 is 10.1 Å². The number of piperidine rings is 1. The molecule has 1 unspecified atom stereocenters. The summed E-state index contributed by atoms with van der Waals surface area (Å²) in [5, 5.41) is 3.25. The quantitative estimate of drug-likeness (QED) is 0.779. The van der Waals surface area contributed by atoms with Gasteiger partial charge in [-0.3, -0.25) is 4.72 Å². The van der Waals surface area contributed by atoms with E-state index in [1.165, 1.54) is 15.4 Å². The van der Waals surface area contributed by atoms with E-state index < -0.39 is 10.2 Å². The molecule has 3 aliphatic rings. The Morgan fingerprint density at radius 3 is 2.77 bits per heavy atom. The molecule has 0 aromatic heterocycles. The number of hydrogen-bond donors (Lipinski definition) is 2. The molecule has 8 heteroatoms. The lowest BCUT2D eigenvalue weighted by molar-refractivity contribution is 0.282. The molecule has 0 bridgehead atoms. The number of nitrogens with zero attached hydrogens (tertiary/aromatic N) is 2. The van der Waals surface area contributed by atoms with Crippen LogP contribution in [0.4, 0.5) is 11.4 Å². The molecule has 0 spiro atoms. The normalized spacial score (nSPS) is 22.7. The van der Waals surface area contributed by atoms with Crippen molar-refractivity contribution in [3.05, 3.63) is 59.2 Å². The minimum atomic E-state index is -3.52. The van der Waals surface area contributed by atoms with E-state index in [9.17, 15) is 8.42 Å². The summed E-state index contributed by atoms with van der Waals surface area (Å²) in [7, 11) is -3.52. The lowest BCUT2D eigenvalue weighted by Gasteiger charge is -2.27. The fourth-order valence-electron chi connectivity index (χ4n) is 4.39. The Hall–Kier alpha value is -2.58. The van der Waals surface area contributed by atoms with Crippen molar-refractivity contribution in [1.82, 2.24) is 4.31 Å². The summed E-state index contributed by atoms with van der Waals surface area (Å²) in [6.45, 7) is 1.51. The Morgan fingerprint density at radius 1 is 1.07 bits per heavy atom. The predicted octanol–water partition coefficient (Wildman–Crippen LogP) is 3.81. The highest BCUT2D eigenvalue weighted by atomic mass is 32.2. The van der Waals surface area contributed by atoms with Gasteiger partial charge in [-0.05, 0) is 55.0 Å². The highest BCUT2D eigenvalue weighted by molar-refractivity contribution is 7.90. The third kappa shape index (κ3) is 3.89. The summed E-state index contributed by atoms with van der Waals surface area (Å²) in [5.74, 6) is 0. The Kier molecular flexibility index (Phi) is 5.12. The average Bonchev–Trinajstić information content (AvgIpc) is 3.17. The van der Waals surface area contributed by atoms with Crippen LogP contribution < -0.4 is 10.0 Å². The standard InChI is InChI=1S/C22H26N4O3S/c27-30(28,26-12-4-1-5-13-26)25-18-9-11-20-17(14-18)15-29-22(23-20)24-21-10-8-16-6-2-3-7-19(16)21/h2-3,6-7,9,11,14,21,25H,1,4-5,8,10,12-13,15H2,(H,23,24). The smallest absolute Gasteiger partial charge is 0.301 e. The monoisotopic (exact) mass is 426 g/mol. The fourth-order valence-corrected chi connectivity index (χ4v) is 5.69. The Morgan fingerprint density at radius 2 is 1.90 bits per heavy atom. The van der Waals surface area contributed by atoms with E-state index in [1.54, 1.807) is 6.07 Å². The molecule has 2 aliphatic heterocycles. The first-order valence-corrected chi connectivity index (χ1v) is 12.0. The van der Waals surface area contributed by atoms with Crippen molar-refractivity contribution in [2.45, 2.75) is 44.8 Å². The molecule has 30 heavy (non-hydrogen) atoms. The molecule has 2 aromatic rings. The zero-order valence-corrected chi connectivity index (χ0v) is 17.6. The van der Waals surface area contributed by atoms with Gasteiger partial charge >= 0.3 is 10.2 Å². The van der Waals surface area contributed by atoms with E-state index in [-0.39, 0.29) is 6.04 Å². The van der Waals surface area contributed by atoms with Gasteiger partial charge in [0.2, 0.25) is 0 Å². The van der Waals surface area contributed by atoms with Gasteiger partial charge in [0.15, 0.2) is 0 Å². The first-order chi connectivity index (χ1) is 14.6. The van der Waals surface area contributed by atoms with Crippen LogP contribution in [0.5, 0.6) is 0 Å². The third-order valence-electron chi connectivity index (χ3n) is 5.99. The van der Waals surface area contributed by atoms with Crippen LogP contribution in [0.1, 0.15) is 48.4 Å². The molecule has 2 aromatic carbocycles. The maximum absolute atomic E-state index is 12.6. The van der Waals surface area contributed by atoms with E-state index in [1.807, 2.05) is 18.2 Å². The number of ether oxygens (including phenoxy) is 1. The molecule has 1 saturated heterocycles. The van der Waals surface area contributed by atoms with Crippen molar-refractivity contribution in [2.75, 3.05) is 23.1 Å². The van der Waals surface area contributed by atoms with Gasteiger partial charge in [-0.1, -0.05) is 30.7 Å². The second kappa shape index (κ2) is 7.92. The molecule has 158 valence electrons. The number of amidine groups is 1. The Balaban J connectivity index is 1.29. The number of anilines is 2. The molecule has 2 N–H and O–H groups in total. The Labute approximate surface area is 177 Å². The van der Waals surface area contributed by atoms with Crippen LogP contribution in [-0.4, -0.2) is 31.8 Å². The van der Waals surface area contributed by atoms with Gasteiger partial charge in [0.05, 0.1) is 11.7 Å². The largest absolute Gasteiger partial charge is 0.460 e. The van der Waals surface area contributed by atoms with E-state index in [0.717, 1.165) is 43.4 Å². The molecule has 7 nitrogen and oxygen atoms in total. The molecule has 2 heterocycles. The highest BCUT2D eigenvalue weighted by Gasteiger charge is 2.26. The molecule has 0 amide bonds. The summed E-state index contributed by atoms with van der Waals surface area (Å²) in [4.78, 5) is 4.78. The third-order valence-corrected chi connectivity index (χ3v) is 7.53. The van der Waals surface area contributed by atoms with Crippen molar-refractivity contribution in [1.29, 1.82) is 0 Å². The molecule has 1 fully saturated rings. The molecular weight excluding hydrogens is 400 g/mol. The number of fused-ring (bicyclic) bond motifs is 2. The molecule has 0 saturated carbocycles. The lowest BCUT2D eigenvalue weighted by atomic mass is 10.1. The minimum Gasteiger partial charge on any atom is -0.460 e. The average molecular weight is 427 g/mol. The van der Waals surface area contributed by atoms with Crippen LogP contribution in [0.15, 0.2) is 47.5 Å². The van der Waals surface area contributed by atoms with E-state index in [4.69, 9.17) is 9.73 Å². The number of aliphatic imine (C=N–C) groups is 1. The topological polar surface area (TPSA) is 83.0 Å². The van der Waals surface area contributed by atoms with Gasteiger partial charge in [0.1, 0.15) is 6.61 Å². The second-order valence-electron chi connectivity index (χ2n) is 8.04. The van der Waals surface area contributed by atoms with E-state index >= 15 is 0 Å². The van der Waals surface area contributed by atoms with Crippen molar-refractivity contribution >= 4 is 27.6 Å². The zero-order valence-electron chi connectivity index (χ0n) is 16.8. The highest BCUT2D eigenvalue weighted by Crippen LogP contribution is 2.35. The summed E-state index contributed by atoms with van der Waals surface area (Å²) < 4.78 is 35.3. The van der Waals surface area contributed by atoms with Crippen LogP contribution in [0.2, 0.25) is 0 Å². The maximum Gasteiger partial charge on any atom is 0.301 e. The number of aryl methyl sites for hydroxylation is 1. The van der Waals surface area contributed by atoms with Crippen LogP contribution in [0.25, 0.3) is 0 Å². The first kappa shape index (κ1) is 19.4. The molecule has 5 rings (SSSR count). The van der Waals surface area contributed by atoms with Crippen molar-refractivity contribution in [2.24, 2.45) is 4.99 Å². The van der Waals surface area contributed by atoms with Crippen molar-refractivity contribution in [3.63, 3.8) is 0 Å². The number of hydrogen-bond acceptors (Lipinski definition) is 4. The molecular formula is C22H26N4O3S. The van der Waals surface area contributed by atoms with Gasteiger partial charge in [-0.25, -0.2) is 4.99 Å². The van der Waals surface area contributed by atoms with Crippen LogP contribution in [0.3, 0.4) is 0 Å². The lowest BCUT2D eigenvalue weighted by Crippen LogP contribution is -2.39. The fraction of sp³-hybridized carbons (Fsp3) is 0.409. The van der Waals surface area contributed by atoms with Crippen LogP contribution in [-0.2, 0) is 28.0 Å². The predicted molar refractivity (Wildman–Crippen MR) is 118 cm³/mol. The number of nitrogens with one attached hydrogen (secondary N) is 2. The summed E-state index contributed by atoms with van der Waals surface area (Å²) in [6.07, 6.45) is 4.93. The maximum atomic E-state index is 12.6. The summed E-state index contributed by atoms with van der Waals surface area (Å²) in [6, 6.07) is 14.5. The first-order valence-electron chi connectivity index (χ1n) is 10.5. The number of rotatable bonds is 4.